The largest absolute Gasteiger partial charge is 0.508 e. The number of carbonyl (C=O) groups is 4. The summed E-state index contributed by atoms with van der Waals surface area (Å²) >= 11 is 0. The molecule has 2 aliphatic rings. The number of aliphatic hydroxyl groups excluding tert-OH is 2. The van der Waals surface area contributed by atoms with Crippen LogP contribution in [-0.2, 0) is 28.7 Å². The van der Waals surface area contributed by atoms with E-state index in [9.17, 15) is 44.9 Å². The van der Waals surface area contributed by atoms with Gasteiger partial charge in [0.25, 0.3) is 0 Å². The number of carbonyl (C=O) groups excluding carboxylic acids is 3. The van der Waals surface area contributed by atoms with Crippen LogP contribution < -0.4 is 16.0 Å². The van der Waals surface area contributed by atoms with Gasteiger partial charge in [0.2, 0.25) is 11.8 Å². The summed E-state index contributed by atoms with van der Waals surface area (Å²) in [5, 5.41) is 69.0. The quantitative estimate of drug-likeness (QED) is 0.0283. The van der Waals surface area contributed by atoms with Crippen LogP contribution in [0.25, 0.3) is 0 Å². The standard InChI is InChI=1S/C35H51N5O12/c41-28-16-8-7-13-24(28)33-38-27(23-52-33)32(46)37-26(35(48)51-22-19-29(42)36-25-14-9-12-21-40(50)34(25)47)15-10-11-20-39(49)30(43)17-5-3-1-2-4-6-18-31(44)45/h2,4-5,7-9,13-14,16-17,25-27,30,33-34,38,41,43,47,49-50H,1,3,6,10-12,15,18-23H2,(H,36,42)(H,37,46)(H,44,45)/b4-2-,17-5-. The summed E-state index contributed by atoms with van der Waals surface area (Å²) in [5.41, 5.74) is 0.445. The van der Waals surface area contributed by atoms with Crippen molar-refractivity contribution in [3.05, 3.63) is 66.3 Å². The molecule has 1 aromatic carbocycles. The van der Waals surface area contributed by atoms with Crippen LogP contribution in [0, 0.1) is 0 Å². The summed E-state index contributed by atoms with van der Waals surface area (Å²) in [5.74, 6) is -2.76. The smallest absolute Gasteiger partial charge is 0.328 e. The van der Waals surface area contributed by atoms with Crippen molar-refractivity contribution in [1.29, 1.82) is 0 Å². The monoisotopic (exact) mass is 733 g/mol. The van der Waals surface area contributed by atoms with E-state index in [0.29, 0.717) is 44.1 Å². The highest BCUT2D eigenvalue weighted by Gasteiger charge is 2.34. The third kappa shape index (κ3) is 14.8. The molecule has 3 rings (SSSR count). The summed E-state index contributed by atoms with van der Waals surface area (Å²) in [4.78, 5) is 49.4. The second-order valence-electron chi connectivity index (χ2n) is 12.3. The molecule has 1 fully saturated rings. The first-order chi connectivity index (χ1) is 25.0. The fourth-order valence-electron chi connectivity index (χ4n) is 5.33. The number of hydrogen-bond donors (Lipinski definition) is 9. The number of benzene rings is 1. The lowest BCUT2D eigenvalue weighted by molar-refractivity contribution is -0.199. The van der Waals surface area contributed by atoms with Crippen LogP contribution in [0.1, 0.15) is 69.6 Å². The molecule has 1 saturated heterocycles. The summed E-state index contributed by atoms with van der Waals surface area (Å²) in [6, 6.07) is 3.66. The maximum atomic E-state index is 13.2. The molecule has 2 aliphatic heterocycles. The minimum absolute atomic E-state index is 0.00883. The molecule has 2 heterocycles. The molecule has 6 atom stereocenters. The minimum atomic E-state index is -1.35. The lowest BCUT2D eigenvalue weighted by atomic mass is 10.1. The van der Waals surface area contributed by atoms with Crippen molar-refractivity contribution in [1.82, 2.24) is 26.1 Å². The van der Waals surface area contributed by atoms with Crippen molar-refractivity contribution >= 4 is 23.8 Å². The van der Waals surface area contributed by atoms with Gasteiger partial charge in [0, 0.05) is 25.1 Å². The Balaban J connectivity index is 1.49. The molecule has 6 unspecified atom stereocenters. The molecular formula is C35H51N5O12. The Hall–Kier alpha value is -4.20. The van der Waals surface area contributed by atoms with Crippen LogP contribution >= 0.6 is 0 Å². The van der Waals surface area contributed by atoms with Crippen LogP contribution in [0.5, 0.6) is 5.75 Å². The SMILES string of the molecule is O=C(O)CC/C=C\CC/C=C\C(O)N(O)CCCCC(NC(=O)C1COC(c2ccccc2O)N1)C(=O)OCCC(=O)NC1C=CCCN(O)C1O. The molecule has 0 saturated carbocycles. The first-order valence-corrected chi connectivity index (χ1v) is 17.4. The first-order valence-electron chi connectivity index (χ1n) is 17.4. The van der Waals surface area contributed by atoms with E-state index in [1.54, 1.807) is 42.5 Å². The number of carboxylic acid groups (broad SMARTS) is 1. The number of nitrogens with one attached hydrogen (secondary N) is 3. The van der Waals surface area contributed by atoms with Gasteiger partial charge in [-0.15, -0.1) is 0 Å². The molecule has 17 nitrogen and oxygen atoms in total. The van der Waals surface area contributed by atoms with Gasteiger partial charge in [0.05, 0.1) is 19.1 Å². The Morgan fingerprint density at radius 3 is 2.62 bits per heavy atom. The van der Waals surface area contributed by atoms with E-state index in [1.165, 1.54) is 12.1 Å². The van der Waals surface area contributed by atoms with Gasteiger partial charge in [-0.25, -0.2) is 4.79 Å². The minimum Gasteiger partial charge on any atom is -0.508 e. The topological polar surface area (TPSA) is 251 Å². The molecule has 0 spiro atoms. The highest BCUT2D eigenvalue weighted by Crippen LogP contribution is 2.28. The second kappa shape index (κ2) is 22.7. The highest BCUT2D eigenvalue weighted by molar-refractivity contribution is 5.88. The van der Waals surface area contributed by atoms with Crippen LogP contribution in [0.2, 0.25) is 0 Å². The molecule has 0 bridgehead atoms. The number of para-hydroxylation sites is 1. The van der Waals surface area contributed by atoms with Crippen molar-refractivity contribution in [3.8, 4) is 5.75 Å². The molecule has 0 radical (unpaired) electrons. The molecule has 288 valence electrons. The number of hydroxylamine groups is 4. The molecule has 0 aliphatic carbocycles. The van der Waals surface area contributed by atoms with Crippen LogP contribution in [-0.4, -0.2) is 122 Å². The number of ether oxygens (including phenoxy) is 2. The van der Waals surface area contributed by atoms with E-state index < -0.39 is 60.6 Å². The Morgan fingerprint density at radius 1 is 1.10 bits per heavy atom. The molecule has 0 aromatic heterocycles. The number of phenolic OH excluding ortho intramolecular Hbond substituents is 1. The van der Waals surface area contributed by atoms with Crippen LogP contribution in [0.15, 0.2) is 60.7 Å². The Morgan fingerprint density at radius 2 is 1.85 bits per heavy atom. The number of carboxylic acids is 1. The Bertz CT molecular complexity index is 1390. The average Bonchev–Trinajstić information content (AvgIpc) is 3.55. The van der Waals surface area contributed by atoms with E-state index >= 15 is 0 Å². The zero-order chi connectivity index (χ0) is 37.9. The predicted octanol–water partition coefficient (Wildman–Crippen LogP) is 1.19. The predicted molar refractivity (Wildman–Crippen MR) is 184 cm³/mol. The third-order valence-corrected chi connectivity index (χ3v) is 8.25. The number of allylic oxidation sites excluding steroid dienone is 3. The Kier molecular flexibility index (Phi) is 18.4. The van der Waals surface area contributed by atoms with E-state index in [1.807, 2.05) is 6.08 Å². The first kappa shape index (κ1) is 42.2. The van der Waals surface area contributed by atoms with Crippen LogP contribution in [0.3, 0.4) is 0 Å². The van der Waals surface area contributed by atoms with Gasteiger partial charge < -0.3 is 50.9 Å². The van der Waals surface area contributed by atoms with Crippen molar-refractivity contribution < 1.29 is 59.5 Å². The number of phenols is 1. The lowest BCUT2D eigenvalue weighted by Gasteiger charge is -2.25. The van der Waals surface area contributed by atoms with Crippen molar-refractivity contribution in [2.45, 2.75) is 94.6 Å². The fourth-order valence-corrected chi connectivity index (χ4v) is 5.33. The summed E-state index contributed by atoms with van der Waals surface area (Å²) in [7, 11) is 0. The average molecular weight is 734 g/mol. The van der Waals surface area contributed by atoms with Gasteiger partial charge in [0.15, 0.2) is 6.23 Å². The summed E-state index contributed by atoms with van der Waals surface area (Å²) in [6.07, 6.45) is 9.36. The fraction of sp³-hybridized carbons (Fsp3) is 0.543. The number of aromatic hydroxyl groups is 1. The van der Waals surface area contributed by atoms with Gasteiger partial charge >= 0.3 is 11.9 Å². The molecule has 17 heteroatoms. The van der Waals surface area contributed by atoms with E-state index in [0.717, 1.165) is 10.1 Å². The Labute approximate surface area is 302 Å². The zero-order valence-corrected chi connectivity index (χ0v) is 29.0. The van der Waals surface area contributed by atoms with Gasteiger partial charge in [-0.2, -0.15) is 10.1 Å². The highest BCUT2D eigenvalue weighted by atomic mass is 16.5. The van der Waals surface area contributed by atoms with E-state index in [-0.39, 0.29) is 51.3 Å². The van der Waals surface area contributed by atoms with Gasteiger partial charge in [0.1, 0.15) is 36.9 Å². The number of amides is 2. The van der Waals surface area contributed by atoms with Crippen molar-refractivity contribution in [2.24, 2.45) is 0 Å². The third-order valence-electron chi connectivity index (χ3n) is 8.25. The normalized spacial score (nSPS) is 22.0. The van der Waals surface area contributed by atoms with E-state index in [2.05, 4.69) is 16.0 Å². The van der Waals surface area contributed by atoms with Crippen molar-refractivity contribution in [2.75, 3.05) is 26.3 Å². The lowest BCUT2D eigenvalue weighted by Crippen LogP contribution is -2.50. The number of hydrogen-bond acceptors (Lipinski definition) is 14. The molecule has 9 N–H and O–H groups in total. The number of esters is 1. The number of nitrogens with zero attached hydrogens (tertiary/aromatic N) is 2. The van der Waals surface area contributed by atoms with E-state index in [4.69, 9.17) is 14.6 Å². The van der Waals surface area contributed by atoms with Crippen molar-refractivity contribution in [3.63, 3.8) is 0 Å². The molecule has 2 amide bonds. The summed E-state index contributed by atoms with van der Waals surface area (Å²) < 4.78 is 11.0. The van der Waals surface area contributed by atoms with Crippen LogP contribution in [0.4, 0.5) is 0 Å². The maximum absolute atomic E-state index is 13.2. The zero-order valence-electron chi connectivity index (χ0n) is 29.0. The maximum Gasteiger partial charge on any atom is 0.328 e. The van der Waals surface area contributed by atoms with Gasteiger partial charge in [-0.3, -0.25) is 19.7 Å². The molecule has 1 aromatic rings. The summed E-state index contributed by atoms with van der Waals surface area (Å²) in [6.45, 7) is -0.124. The number of rotatable bonds is 21. The molecular weight excluding hydrogens is 682 g/mol. The van der Waals surface area contributed by atoms with Gasteiger partial charge in [-0.05, 0) is 57.1 Å². The molecule has 52 heavy (non-hydrogen) atoms. The van der Waals surface area contributed by atoms with Gasteiger partial charge in [-0.1, -0.05) is 48.6 Å². The second-order valence-corrected chi connectivity index (χ2v) is 12.3. The number of aliphatic carboxylic acids is 1. The number of aliphatic hydroxyl groups is 2. The number of unbranched alkanes of at least 4 members (excludes halogenated alkanes) is 2.